The second-order valence-electron chi connectivity index (χ2n) is 8.14. The average molecular weight is 448 g/mol. The number of methoxy groups -OCH3 is 1. The molecule has 1 fully saturated rings. The van der Waals surface area contributed by atoms with Crippen molar-refractivity contribution < 1.29 is 13.9 Å². The van der Waals surface area contributed by atoms with Gasteiger partial charge in [-0.05, 0) is 55.7 Å². The Morgan fingerprint density at radius 2 is 1.94 bits per heavy atom. The van der Waals surface area contributed by atoms with Gasteiger partial charge in [0.25, 0.3) is 0 Å². The molecule has 0 radical (unpaired) electrons. The van der Waals surface area contributed by atoms with E-state index in [1.54, 1.807) is 25.6 Å². The largest absolute Gasteiger partial charge is 0.496 e. The first-order valence-electron chi connectivity index (χ1n) is 11.1. The van der Waals surface area contributed by atoms with E-state index in [0.717, 1.165) is 60.2 Å². The predicted molar refractivity (Wildman–Crippen MR) is 124 cm³/mol. The van der Waals surface area contributed by atoms with Gasteiger partial charge < -0.3 is 14.4 Å². The lowest BCUT2D eigenvalue weighted by Gasteiger charge is -2.28. The zero-order valence-corrected chi connectivity index (χ0v) is 18.8. The lowest BCUT2D eigenvalue weighted by atomic mass is 10.0. The summed E-state index contributed by atoms with van der Waals surface area (Å²) in [5.41, 5.74) is 5.45. The summed E-state index contributed by atoms with van der Waals surface area (Å²) in [6.45, 7) is 5.24. The van der Waals surface area contributed by atoms with Crippen LogP contribution >= 0.6 is 0 Å². The van der Waals surface area contributed by atoms with Crippen molar-refractivity contribution in [2.24, 2.45) is 0 Å². The Kier molecular flexibility index (Phi) is 5.92. The van der Waals surface area contributed by atoms with Crippen LogP contribution in [0, 0.1) is 12.7 Å². The number of aryl methyl sites for hydroxylation is 2. The van der Waals surface area contributed by atoms with Gasteiger partial charge in [0.05, 0.1) is 20.3 Å². The molecule has 170 valence electrons. The van der Waals surface area contributed by atoms with Gasteiger partial charge in [0, 0.05) is 41.7 Å². The van der Waals surface area contributed by atoms with Gasteiger partial charge in [0.15, 0.2) is 5.65 Å². The molecule has 3 aromatic heterocycles. The maximum Gasteiger partial charge on any atom is 0.168 e. The zero-order valence-electron chi connectivity index (χ0n) is 18.8. The molecular weight excluding hydrogens is 421 g/mol. The molecule has 7 nitrogen and oxygen atoms in total. The molecule has 0 bridgehead atoms. The summed E-state index contributed by atoms with van der Waals surface area (Å²) < 4.78 is 27.1. The van der Waals surface area contributed by atoms with Crippen LogP contribution in [0.5, 0.6) is 5.75 Å². The molecule has 1 aromatic carbocycles. The number of nitrogens with zero attached hydrogens (tertiary/aromatic N) is 5. The van der Waals surface area contributed by atoms with Crippen molar-refractivity contribution in [3.63, 3.8) is 0 Å². The molecule has 0 spiro atoms. The molecule has 33 heavy (non-hydrogen) atoms. The number of hydrogen-bond acceptors (Lipinski definition) is 6. The summed E-state index contributed by atoms with van der Waals surface area (Å²) in [6.07, 6.45) is 4.75. The van der Waals surface area contributed by atoms with Crippen molar-refractivity contribution in [3.8, 4) is 16.9 Å². The summed E-state index contributed by atoms with van der Waals surface area (Å²) in [4.78, 5) is 6.96. The summed E-state index contributed by atoms with van der Waals surface area (Å²) in [7, 11) is 1.56. The van der Waals surface area contributed by atoms with Crippen molar-refractivity contribution in [2.45, 2.75) is 19.8 Å². The highest BCUT2D eigenvalue weighted by atomic mass is 19.1. The third kappa shape index (κ3) is 4.14. The average Bonchev–Trinajstić information content (AvgIpc) is 3.34. The quantitative estimate of drug-likeness (QED) is 0.447. The van der Waals surface area contributed by atoms with E-state index in [4.69, 9.17) is 14.5 Å². The van der Waals surface area contributed by atoms with Gasteiger partial charge in [-0.15, -0.1) is 10.2 Å². The minimum absolute atomic E-state index is 0.256. The molecule has 4 aromatic rings. The molecule has 1 saturated heterocycles. The molecule has 8 heteroatoms. The van der Waals surface area contributed by atoms with E-state index < -0.39 is 0 Å². The SMILES string of the molecule is COc1cccc(F)c1CCc1ccc(-c2cnc(N3CCOCC3)cc2C)c2nncn12. The van der Waals surface area contributed by atoms with E-state index in [0.29, 0.717) is 24.2 Å². The number of benzene rings is 1. The number of hydrogen-bond donors (Lipinski definition) is 0. The molecule has 1 aliphatic rings. The smallest absolute Gasteiger partial charge is 0.168 e. The van der Waals surface area contributed by atoms with E-state index >= 15 is 0 Å². The van der Waals surface area contributed by atoms with Gasteiger partial charge in [-0.2, -0.15) is 0 Å². The van der Waals surface area contributed by atoms with Gasteiger partial charge >= 0.3 is 0 Å². The van der Waals surface area contributed by atoms with Crippen LogP contribution < -0.4 is 9.64 Å². The Morgan fingerprint density at radius 1 is 1.09 bits per heavy atom. The molecule has 0 amide bonds. The molecule has 0 N–H and O–H groups in total. The molecule has 0 saturated carbocycles. The van der Waals surface area contributed by atoms with Crippen molar-refractivity contribution >= 4 is 11.5 Å². The van der Waals surface area contributed by atoms with Crippen LogP contribution in [0.15, 0.2) is 48.9 Å². The molecule has 4 heterocycles. The molecule has 0 atom stereocenters. The van der Waals surface area contributed by atoms with Gasteiger partial charge in [-0.25, -0.2) is 9.37 Å². The fourth-order valence-electron chi connectivity index (χ4n) is 4.39. The zero-order chi connectivity index (χ0) is 22.8. The number of ether oxygens (including phenoxy) is 2. The summed E-state index contributed by atoms with van der Waals surface area (Å²) in [6, 6.07) is 11.1. The molecular formula is C25H26FN5O2. The first-order chi connectivity index (χ1) is 16.2. The van der Waals surface area contributed by atoms with Crippen molar-refractivity contribution in [2.75, 3.05) is 38.3 Å². The minimum Gasteiger partial charge on any atom is -0.496 e. The van der Waals surface area contributed by atoms with E-state index in [1.807, 2.05) is 16.7 Å². The second kappa shape index (κ2) is 9.15. The van der Waals surface area contributed by atoms with E-state index in [1.165, 1.54) is 6.07 Å². The fraction of sp³-hybridized carbons (Fsp3) is 0.320. The third-order valence-corrected chi connectivity index (χ3v) is 6.19. The predicted octanol–water partition coefficient (Wildman–Crippen LogP) is 3.87. The number of halogens is 1. The molecule has 0 aliphatic carbocycles. The molecule has 1 aliphatic heterocycles. The Morgan fingerprint density at radius 3 is 2.73 bits per heavy atom. The number of rotatable bonds is 6. The fourth-order valence-corrected chi connectivity index (χ4v) is 4.39. The Balaban J connectivity index is 1.44. The number of morpholine rings is 1. The Hall–Kier alpha value is -3.52. The molecule has 0 unspecified atom stereocenters. The van der Waals surface area contributed by atoms with Crippen LogP contribution in [0.3, 0.4) is 0 Å². The number of anilines is 1. The highest BCUT2D eigenvalue weighted by Gasteiger charge is 2.17. The number of aromatic nitrogens is 4. The Bertz CT molecular complexity index is 1280. The second-order valence-corrected chi connectivity index (χ2v) is 8.14. The first-order valence-corrected chi connectivity index (χ1v) is 11.1. The van der Waals surface area contributed by atoms with Crippen LogP contribution in [0.1, 0.15) is 16.8 Å². The van der Waals surface area contributed by atoms with Gasteiger partial charge in [-0.3, -0.25) is 4.40 Å². The maximum absolute atomic E-state index is 14.4. The van der Waals surface area contributed by atoms with E-state index in [9.17, 15) is 4.39 Å². The van der Waals surface area contributed by atoms with E-state index in [-0.39, 0.29) is 5.82 Å². The van der Waals surface area contributed by atoms with Crippen LogP contribution in [0.2, 0.25) is 0 Å². The van der Waals surface area contributed by atoms with Crippen molar-refractivity contribution in [1.82, 2.24) is 19.6 Å². The maximum atomic E-state index is 14.4. The molecule has 5 rings (SSSR count). The summed E-state index contributed by atoms with van der Waals surface area (Å²) in [5, 5.41) is 8.52. The van der Waals surface area contributed by atoms with Crippen LogP contribution in [0.4, 0.5) is 10.2 Å². The standard InChI is InChI=1S/C25H26FN5O2/c1-17-14-24(30-10-12-33-13-11-30)27-15-21(17)19-8-6-18(31-16-28-29-25(19)31)7-9-20-22(26)4-3-5-23(20)32-2/h3-6,8,14-16H,7,9-13H2,1-2H3. The minimum atomic E-state index is -0.256. The van der Waals surface area contributed by atoms with Crippen molar-refractivity contribution in [3.05, 3.63) is 71.6 Å². The summed E-state index contributed by atoms with van der Waals surface area (Å²) >= 11 is 0. The van der Waals surface area contributed by atoms with Gasteiger partial charge in [0.2, 0.25) is 0 Å². The van der Waals surface area contributed by atoms with Crippen LogP contribution in [-0.4, -0.2) is 53.0 Å². The normalized spacial score (nSPS) is 14.1. The van der Waals surface area contributed by atoms with Crippen molar-refractivity contribution in [1.29, 1.82) is 0 Å². The monoisotopic (exact) mass is 447 g/mol. The summed E-state index contributed by atoms with van der Waals surface area (Å²) in [5.74, 6) is 1.27. The van der Waals surface area contributed by atoms with E-state index in [2.05, 4.69) is 34.2 Å². The van der Waals surface area contributed by atoms with Crippen LogP contribution in [0.25, 0.3) is 16.8 Å². The number of fused-ring (bicyclic) bond motifs is 1. The topological polar surface area (TPSA) is 64.8 Å². The lowest BCUT2D eigenvalue weighted by Crippen LogP contribution is -2.36. The third-order valence-electron chi connectivity index (χ3n) is 6.19. The Labute approximate surface area is 191 Å². The highest BCUT2D eigenvalue weighted by molar-refractivity contribution is 5.79. The number of pyridine rings is 2. The van der Waals surface area contributed by atoms with Crippen LogP contribution in [-0.2, 0) is 17.6 Å². The highest BCUT2D eigenvalue weighted by Crippen LogP contribution is 2.30. The van der Waals surface area contributed by atoms with Gasteiger partial charge in [-0.1, -0.05) is 6.07 Å². The first kappa shape index (κ1) is 21.3. The lowest BCUT2D eigenvalue weighted by molar-refractivity contribution is 0.122. The van der Waals surface area contributed by atoms with Gasteiger partial charge in [0.1, 0.15) is 23.7 Å².